The monoisotopic (exact) mass is 572 g/mol. The van der Waals surface area contributed by atoms with Gasteiger partial charge in [-0.15, -0.1) is 0 Å². The van der Waals surface area contributed by atoms with Gasteiger partial charge < -0.3 is 19.1 Å². The standard InChI is InChI=1S/C32H37FN6O3/c1-40-30-24-10-13-37(19-26(24)35-31(36-30)42-20-32-11-6-12-38(32)18-22(33)16-32)29-23-8-3-2-7-21(23)15-27-25(29)17-34-39(27)28-9-4-5-14-41-28/h2-3,7-8,15,17,22,28H,4-6,9-14,16,18-20H2,1H3/t22-,28?,32+/m1/s1. The molecule has 10 heteroatoms. The van der Waals surface area contributed by atoms with E-state index in [1.54, 1.807) is 7.11 Å². The highest BCUT2D eigenvalue weighted by atomic mass is 19.1. The summed E-state index contributed by atoms with van der Waals surface area (Å²) in [6.45, 7) is 3.99. The molecule has 4 aromatic rings. The number of benzene rings is 2. The zero-order valence-corrected chi connectivity index (χ0v) is 24.1. The molecular weight excluding hydrogens is 535 g/mol. The molecule has 0 radical (unpaired) electrons. The lowest BCUT2D eigenvalue weighted by atomic mass is 9.95. The molecule has 0 N–H and O–H groups in total. The van der Waals surface area contributed by atoms with Gasteiger partial charge in [-0.25, -0.2) is 9.07 Å². The highest BCUT2D eigenvalue weighted by Gasteiger charge is 2.49. The van der Waals surface area contributed by atoms with Crippen LogP contribution in [0.2, 0.25) is 0 Å². The maximum atomic E-state index is 14.3. The number of hydrogen-bond donors (Lipinski definition) is 0. The van der Waals surface area contributed by atoms with Gasteiger partial charge in [-0.05, 0) is 56.5 Å². The van der Waals surface area contributed by atoms with Gasteiger partial charge in [0.05, 0.1) is 42.3 Å². The lowest BCUT2D eigenvalue weighted by Crippen LogP contribution is -2.43. The van der Waals surface area contributed by atoms with E-state index in [-0.39, 0.29) is 11.8 Å². The van der Waals surface area contributed by atoms with Gasteiger partial charge in [0.25, 0.3) is 0 Å². The summed E-state index contributed by atoms with van der Waals surface area (Å²) in [7, 11) is 1.65. The fourth-order valence-corrected chi connectivity index (χ4v) is 7.76. The highest BCUT2D eigenvalue weighted by molar-refractivity contribution is 6.10. The largest absolute Gasteiger partial charge is 0.481 e. The molecule has 0 amide bonds. The molecule has 0 aliphatic carbocycles. The van der Waals surface area contributed by atoms with E-state index in [1.165, 1.54) is 10.8 Å². The summed E-state index contributed by atoms with van der Waals surface area (Å²) in [5.74, 6) is 0.565. The molecule has 42 heavy (non-hydrogen) atoms. The van der Waals surface area contributed by atoms with Crippen molar-refractivity contribution < 1.29 is 18.6 Å². The summed E-state index contributed by atoms with van der Waals surface area (Å²) in [5, 5.41) is 8.33. The van der Waals surface area contributed by atoms with Crippen molar-refractivity contribution in [2.75, 3.05) is 44.9 Å². The number of halogens is 1. The van der Waals surface area contributed by atoms with Gasteiger partial charge in [-0.1, -0.05) is 24.3 Å². The summed E-state index contributed by atoms with van der Waals surface area (Å²) in [5.41, 5.74) is 3.93. The van der Waals surface area contributed by atoms with Crippen molar-refractivity contribution in [3.63, 3.8) is 0 Å². The van der Waals surface area contributed by atoms with Crippen molar-refractivity contribution in [1.29, 1.82) is 0 Å². The van der Waals surface area contributed by atoms with Gasteiger partial charge in [-0.2, -0.15) is 15.1 Å². The number of nitrogens with zero attached hydrogens (tertiary/aromatic N) is 6. The summed E-state index contributed by atoms with van der Waals surface area (Å²) >= 11 is 0. The Morgan fingerprint density at radius 1 is 1.12 bits per heavy atom. The van der Waals surface area contributed by atoms with Gasteiger partial charge in [-0.3, -0.25) is 4.90 Å². The normalized spacial score (nSPS) is 26.1. The minimum Gasteiger partial charge on any atom is -0.481 e. The van der Waals surface area contributed by atoms with Crippen LogP contribution in [0.3, 0.4) is 0 Å². The second-order valence-corrected chi connectivity index (χ2v) is 12.3. The van der Waals surface area contributed by atoms with E-state index >= 15 is 0 Å². The first kappa shape index (κ1) is 26.2. The third kappa shape index (κ3) is 4.29. The molecule has 3 fully saturated rings. The molecule has 3 atom stereocenters. The Bertz CT molecular complexity index is 1640. The van der Waals surface area contributed by atoms with Gasteiger partial charge in [0, 0.05) is 42.5 Å². The molecule has 0 bridgehead atoms. The van der Waals surface area contributed by atoms with Crippen LogP contribution in [0.1, 0.15) is 56.0 Å². The van der Waals surface area contributed by atoms with Crippen LogP contribution >= 0.6 is 0 Å². The number of ether oxygens (including phenoxy) is 3. The molecule has 2 aromatic carbocycles. The first-order valence-corrected chi connectivity index (χ1v) is 15.3. The summed E-state index contributed by atoms with van der Waals surface area (Å²) < 4.78 is 34.5. The number of aromatic nitrogens is 4. The van der Waals surface area contributed by atoms with Crippen molar-refractivity contribution in [2.45, 2.75) is 69.4 Å². The Kier molecular flexibility index (Phi) is 6.44. The first-order chi connectivity index (χ1) is 20.6. The average Bonchev–Trinajstić information content (AvgIpc) is 3.70. The van der Waals surface area contributed by atoms with E-state index in [2.05, 4.69) is 49.8 Å². The number of methoxy groups -OCH3 is 1. The van der Waals surface area contributed by atoms with Crippen LogP contribution in [0.5, 0.6) is 11.9 Å². The Hall–Kier alpha value is -3.50. The van der Waals surface area contributed by atoms with Crippen LogP contribution in [-0.2, 0) is 17.7 Å². The molecular formula is C32H37FN6O3. The van der Waals surface area contributed by atoms with Crippen LogP contribution in [0, 0.1) is 0 Å². The maximum Gasteiger partial charge on any atom is 0.320 e. The molecule has 9 nitrogen and oxygen atoms in total. The van der Waals surface area contributed by atoms with Gasteiger partial charge in [0.15, 0.2) is 6.23 Å². The van der Waals surface area contributed by atoms with E-state index in [4.69, 9.17) is 24.3 Å². The van der Waals surface area contributed by atoms with Crippen molar-refractivity contribution >= 4 is 27.4 Å². The fraction of sp³-hybridized carbons (Fsp3) is 0.531. The summed E-state index contributed by atoms with van der Waals surface area (Å²) in [4.78, 5) is 14.2. The molecule has 8 rings (SSSR count). The summed E-state index contributed by atoms with van der Waals surface area (Å²) in [6, 6.07) is 11.1. The Labute approximate surface area is 244 Å². The third-order valence-electron chi connectivity index (χ3n) is 9.77. The predicted molar refractivity (Wildman–Crippen MR) is 158 cm³/mol. The van der Waals surface area contributed by atoms with E-state index in [0.717, 1.165) is 86.1 Å². The minimum absolute atomic E-state index is 0.0353. The molecule has 1 unspecified atom stereocenters. The zero-order chi connectivity index (χ0) is 28.3. The topological polar surface area (TPSA) is 77.8 Å². The molecule has 0 spiro atoms. The van der Waals surface area contributed by atoms with Crippen LogP contribution < -0.4 is 14.4 Å². The van der Waals surface area contributed by atoms with Crippen LogP contribution in [0.4, 0.5) is 10.1 Å². The molecule has 6 heterocycles. The third-order valence-corrected chi connectivity index (χ3v) is 9.77. The first-order valence-electron chi connectivity index (χ1n) is 15.3. The maximum absolute atomic E-state index is 14.3. The van der Waals surface area contributed by atoms with Crippen LogP contribution in [0.25, 0.3) is 21.7 Å². The quantitative estimate of drug-likeness (QED) is 0.312. The number of anilines is 1. The van der Waals surface area contributed by atoms with E-state index in [0.29, 0.717) is 38.0 Å². The molecule has 2 aromatic heterocycles. The second-order valence-electron chi connectivity index (χ2n) is 12.3. The summed E-state index contributed by atoms with van der Waals surface area (Å²) in [6.07, 6.45) is 7.66. The van der Waals surface area contributed by atoms with Gasteiger partial charge in [0.1, 0.15) is 12.8 Å². The number of fused-ring (bicyclic) bond motifs is 4. The minimum atomic E-state index is -0.798. The van der Waals surface area contributed by atoms with Gasteiger partial charge in [0.2, 0.25) is 5.88 Å². The highest BCUT2D eigenvalue weighted by Crippen LogP contribution is 2.42. The second kappa shape index (κ2) is 10.3. The SMILES string of the molecule is COc1nc(OC[C@@]23CCCN2C[C@H](F)C3)nc2c1CCN(c1c3ccccc3cc3c1cnn3C1CCCCO1)C2. The molecule has 4 aliphatic heterocycles. The van der Waals surface area contributed by atoms with E-state index in [9.17, 15) is 4.39 Å². The lowest BCUT2D eigenvalue weighted by Gasteiger charge is -2.33. The molecule has 0 saturated carbocycles. The Balaban J connectivity index is 1.14. The average molecular weight is 573 g/mol. The van der Waals surface area contributed by atoms with E-state index < -0.39 is 6.17 Å². The predicted octanol–water partition coefficient (Wildman–Crippen LogP) is 5.21. The number of rotatable bonds is 6. The van der Waals surface area contributed by atoms with Crippen molar-refractivity contribution in [3.05, 3.63) is 47.8 Å². The Morgan fingerprint density at radius 3 is 2.93 bits per heavy atom. The number of alkyl halides is 1. The molecule has 220 valence electrons. The van der Waals surface area contributed by atoms with Crippen molar-refractivity contribution in [3.8, 4) is 11.9 Å². The number of hydrogen-bond acceptors (Lipinski definition) is 8. The molecule has 4 aliphatic rings. The van der Waals surface area contributed by atoms with E-state index in [1.807, 2.05) is 6.20 Å². The van der Waals surface area contributed by atoms with Crippen LogP contribution in [-0.4, -0.2) is 76.3 Å². The lowest BCUT2D eigenvalue weighted by molar-refractivity contribution is -0.0366. The fourth-order valence-electron chi connectivity index (χ4n) is 7.76. The van der Waals surface area contributed by atoms with Crippen molar-refractivity contribution in [2.24, 2.45) is 0 Å². The molecule has 3 saturated heterocycles. The van der Waals surface area contributed by atoms with Crippen molar-refractivity contribution in [1.82, 2.24) is 24.6 Å². The van der Waals surface area contributed by atoms with Crippen LogP contribution in [0.15, 0.2) is 36.5 Å². The smallest absolute Gasteiger partial charge is 0.320 e. The zero-order valence-electron chi connectivity index (χ0n) is 24.1. The van der Waals surface area contributed by atoms with Gasteiger partial charge >= 0.3 is 6.01 Å². The Morgan fingerprint density at radius 2 is 2.05 bits per heavy atom.